The molecule has 3 rings (SSSR count). The predicted octanol–water partition coefficient (Wildman–Crippen LogP) is 4.66. The molecule has 0 saturated heterocycles. The van der Waals surface area contributed by atoms with Gasteiger partial charge in [0, 0.05) is 19.8 Å². The van der Waals surface area contributed by atoms with Crippen molar-refractivity contribution in [3.63, 3.8) is 0 Å². The zero-order chi connectivity index (χ0) is 23.0. The van der Waals surface area contributed by atoms with Crippen molar-refractivity contribution in [3.05, 3.63) is 77.9 Å². The Kier molecular flexibility index (Phi) is 7.68. The molecule has 0 fully saturated rings. The average Bonchev–Trinajstić information content (AvgIpc) is 2.74. The summed E-state index contributed by atoms with van der Waals surface area (Å²) >= 11 is 0. The van der Waals surface area contributed by atoms with Gasteiger partial charge in [0.25, 0.3) is 0 Å². The van der Waals surface area contributed by atoms with E-state index in [1.54, 1.807) is 18.2 Å². The molecule has 0 bridgehead atoms. The molecule has 0 amide bonds. The lowest BCUT2D eigenvalue weighted by atomic mass is 10.2. The molecule has 0 aliphatic heterocycles. The summed E-state index contributed by atoms with van der Waals surface area (Å²) in [5.74, 6) is -2.81. The lowest BCUT2D eigenvalue weighted by Crippen LogP contribution is -2.07. The maximum absolute atomic E-state index is 11.0. The number of azo groups is 1. The van der Waals surface area contributed by atoms with Crippen LogP contribution in [0.2, 0.25) is 0 Å². The van der Waals surface area contributed by atoms with Gasteiger partial charge in [-0.15, -0.1) is 5.11 Å². The van der Waals surface area contributed by atoms with Gasteiger partial charge in [0.15, 0.2) is 0 Å². The molecule has 3 aromatic carbocycles. The van der Waals surface area contributed by atoms with Gasteiger partial charge in [-0.1, -0.05) is 12.1 Å². The monoisotopic (exact) mass is 423 g/mol. The van der Waals surface area contributed by atoms with Crippen LogP contribution in [-0.2, 0) is 0 Å². The smallest absolute Gasteiger partial charge is 0.339 e. The topological polar surface area (TPSA) is 143 Å². The Hall–Kier alpha value is -4.40. The van der Waals surface area contributed by atoms with E-state index < -0.39 is 11.9 Å². The molecule has 160 valence electrons. The maximum atomic E-state index is 11.0. The van der Waals surface area contributed by atoms with Gasteiger partial charge in [0.1, 0.15) is 22.7 Å². The number of carbonyl (C=O) groups is 2. The standard InChI is InChI=1S/C15H15N3O2.C7H6O4/c1-18(2)12-9-7-11(8-10-12)16-17-14-6-4-3-5-13(14)15(19)20;8-4-1-2-6(9)5(3-4)7(10)11/h3-10H,1-2H3,(H,19,20);1-3,8-9H,(H,10,11). The molecule has 0 spiro atoms. The molecule has 9 heteroatoms. The van der Waals surface area contributed by atoms with Gasteiger partial charge >= 0.3 is 11.9 Å². The van der Waals surface area contributed by atoms with Crippen molar-refractivity contribution < 1.29 is 30.0 Å². The Morgan fingerprint density at radius 1 is 0.774 bits per heavy atom. The largest absolute Gasteiger partial charge is 0.508 e. The molecule has 0 radical (unpaired) electrons. The fourth-order valence-electron chi connectivity index (χ4n) is 2.37. The van der Waals surface area contributed by atoms with Gasteiger partial charge in [-0.3, -0.25) is 0 Å². The highest BCUT2D eigenvalue weighted by Crippen LogP contribution is 2.24. The summed E-state index contributed by atoms with van der Waals surface area (Å²) in [6.07, 6.45) is 0. The number of carboxylic acid groups (broad SMARTS) is 2. The Morgan fingerprint density at radius 3 is 1.94 bits per heavy atom. The highest BCUT2D eigenvalue weighted by molar-refractivity contribution is 5.93. The van der Waals surface area contributed by atoms with E-state index in [-0.39, 0.29) is 22.6 Å². The quantitative estimate of drug-likeness (QED) is 0.345. The summed E-state index contributed by atoms with van der Waals surface area (Å²) in [6, 6.07) is 17.4. The highest BCUT2D eigenvalue weighted by atomic mass is 16.4. The van der Waals surface area contributed by atoms with Gasteiger partial charge in [-0.2, -0.15) is 5.11 Å². The minimum atomic E-state index is -1.27. The van der Waals surface area contributed by atoms with Crippen LogP contribution in [0.4, 0.5) is 17.1 Å². The summed E-state index contributed by atoms with van der Waals surface area (Å²) in [5, 5.41) is 43.3. The molecule has 0 aliphatic rings. The molecule has 0 saturated carbocycles. The highest BCUT2D eigenvalue weighted by Gasteiger charge is 2.09. The number of phenolic OH excluding ortho intramolecular Hbond substituents is 1. The van der Waals surface area contributed by atoms with E-state index in [1.165, 1.54) is 12.1 Å². The first-order valence-corrected chi connectivity index (χ1v) is 8.95. The van der Waals surface area contributed by atoms with Gasteiger partial charge in [-0.05, 0) is 54.6 Å². The van der Waals surface area contributed by atoms with Gasteiger partial charge in [0.05, 0.1) is 11.3 Å². The third-order valence-corrected chi connectivity index (χ3v) is 3.98. The second-order valence-corrected chi connectivity index (χ2v) is 6.44. The number of carboxylic acids is 2. The maximum Gasteiger partial charge on any atom is 0.339 e. The fourth-order valence-corrected chi connectivity index (χ4v) is 2.37. The second kappa shape index (κ2) is 10.4. The fraction of sp³-hybridized carbons (Fsp3) is 0.0909. The van der Waals surface area contributed by atoms with Crippen molar-refractivity contribution in [3.8, 4) is 11.5 Å². The van der Waals surface area contributed by atoms with E-state index in [2.05, 4.69) is 10.2 Å². The zero-order valence-corrected chi connectivity index (χ0v) is 16.8. The minimum Gasteiger partial charge on any atom is -0.508 e. The Bertz CT molecular complexity index is 1090. The van der Waals surface area contributed by atoms with Gasteiger partial charge in [0.2, 0.25) is 0 Å². The number of aromatic carboxylic acids is 2. The third kappa shape index (κ3) is 6.57. The first kappa shape index (κ1) is 22.9. The van der Waals surface area contributed by atoms with E-state index in [0.29, 0.717) is 11.4 Å². The zero-order valence-electron chi connectivity index (χ0n) is 16.8. The minimum absolute atomic E-state index is 0.140. The van der Waals surface area contributed by atoms with Crippen LogP contribution in [0.1, 0.15) is 20.7 Å². The molecule has 3 aromatic rings. The number of nitrogens with zero attached hydrogens (tertiary/aromatic N) is 3. The number of benzene rings is 3. The van der Waals surface area contributed by atoms with Crippen LogP contribution >= 0.6 is 0 Å². The molecule has 0 aromatic heterocycles. The van der Waals surface area contributed by atoms with Crippen LogP contribution in [0.15, 0.2) is 77.0 Å². The average molecular weight is 423 g/mol. The summed E-state index contributed by atoms with van der Waals surface area (Å²) in [5.41, 5.74) is 1.92. The van der Waals surface area contributed by atoms with E-state index in [1.807, 2.05) is 43.3 Å². The molecule has 0 unspecified atom stereocenters. The van der Waals surface area contributed by atoms with Gasteiger partial charge in [-0.25, -0.2) is 9.59 Å². The van der Waals surface area contributed by atoms with Crippen molar-refractivity contribution in [2.24, 2.45) is 10.2 Å². The van der Waals surface area contributed by atoms with Crippen molar-refractivity contribution in [2.45, 2.75) is 0 Å². The molecule has 0 atom stereocenters. The Balaban J connectivity index is 0.000000262. The third-order valence-electron chi connectivity index (χ3n) is 3.98. The van der Waals surface area contributed by atoms with Crippen LogP contribution in [0, 0.1) is 0 Å². The van der Waals surface area contributed by atoms with Crippen LogP contribution in [-0.4, -0.2) is 46.5 Å². The first-order chi connectivity index (χ1) is 14.7. The van der Waals surface area contributed by atoms with Crippen LogP contribution in [0.5, 0.6) is 11.5 Å². The van der Waals surface area contributed by atoms with Crippen molar-refractivity contribution >= 4 is 29.0 Å². The number of rotatable bonds is 5. The lowest BCUT2D eigenvalue weighted by molar-refractivity contribution is 0.0684. The molecule has 9 nitrogen and oxygen atoms in total. The van der Waals surface area contributed by atoms with E-state index in [9.17, 15) is 9.59 Å². The van der Waals surface area contributed by atoms with Crippen LogP contribution < -0.4 is 4.90 Å². The SMILES string of the molecule is CN(C)c1ccc(N=Nc2ccccc2C(=O)O)cc1.O=C(O)c1cc(O)ccc1O. The number of anilines is 1. The molecule has 4 N–H and O–H groups in total. The number of phenols is 2. The molecular formula is C22H21N3O6. The molecular weight excluding hydrogens is 402 g/mol. The normalized spacial score (nSPS) is 10.3. The van der Waals surface area contributed by atoms with Crippen molar-refractivity contribution in [2.75, 3.05) is 19.0 Å². The molecule has 31 heavy (non-hydrogen) atoms. The van der Waals surface area contributed by atoms with Crippen molar-refractivity contribution in [1.82, 2.24) is 0 Å². The van der Waals surface area contributed by atoms with E-state index >= 15 is 0 Å². The lowest BCUT2D eigenvalue weighted by Gasteiger charge is -2.11. The summed E-state index contributed by atoms with van der Waals surface area (Å²) < 4.78 is 0. The van der Waals surface area contributed by atoms with Crippen LogP contribution in [0.3, 0.4) is 0 Å². The Labute approximate surface area is 178 Å². The number of aromatic hydroxyl groups is 2. The van der Waals surface area contributed by atoms with E-state index in [0.717, 1.165) is 17.8 Å². The van der Waals surface area contributed by atoms with Crippen LogP contribution in [0.25, 0.3) is 0 Å². The second-order valence-electron chi connectivity index (χ2n) is 6.44. The predicted molar refractivity (Wildman–Crippen MR) is 115 cm³/mol. The first-order valence-electron chi connectivity index (χ1n) is 8.95. The summed E-state index contributed by atoms with van der Waals surface area (Å²) in [6.45, 7) is 0. The van der Waals surface area contributed by atoms with E-state index in [4.69, 9.17) is 20.4 Å². The number of hydrogen-bond acceptors (Lipinski definition) is 7. The molecule has 0 heterocycles. The Morgan fingerprint density at radius 2 is 1.39 bits per heavy atom. The summed E-state index contributed by atoms with van der Waals surface area (Å²) in [4.78, 5) is 23.3. The molecule has 0 aliphatic carbocycles. The summed E-state index contributed by atoms with van der Waals surface area (Å²) in [7, 11) is 3.92. The van der Waals surface area contributed by atoms with Gasteiger partial charge < -0.3 is 25.3 Å². The van der Waals surface area contributed by atoms with Crippen molar-refractivity contribution in [1.29, 1.82) is 0 Å². The number of hydrogen-bond donors (Lipinski definition) is 4.